The monoisotopic (exact) mass is 538 g/mol. The minimum absolute atomic E-state index is 0.277. The average molecular weight is 539 g/mol. The van der Waals surface area contributed by atoms with E-state index in [0.717, 1.165) is 22.2 Å². The van der Waals surface area contributed by atoms with Crippen LogP contribution in [0.4, 0.5) is 0 Å². The first kappa shape index (κ1) is 26.3. The summed E-state index contributed by atoms with van der Waals surface area (Å²) < 4.78 is 18.3. The molecule has 1 amide bonds. The summed E-state index contributed by atoms with van der Waals surface area (Å²) in [7, 11) is 0. The Labute approximate surface area is 215 Å². The van der Waals surface area contributed by atoms with Crippen molar-refractivity contribution >= 4 is 28.1 Å². The number of ether oxygens (including phenoxy) is 3. The van der Waals surface area contributed by atoms with E-state index in [0.29, 0.717) is 42.8 Å². The van der Waals surface area contributed by atoms with E-state index < -0.39 is 0 Å². The van der Waals surface area contributed by atoms with Crippen molar-refractivity contribution < 1.29 is 19.0 Å². The fraction of sp³-hybridized carbons (Fsp3) is 0.286. The molecule has 6 nitrogen and oxygen atoms in total. The molecule has 0 radical (unpaired) electrons. The summed E-state index contributed by atoms with van der Waals surface area (Å²) in [5, 5.41) is 4.06. The third-order valence-electron chi connectivity index (χ3n) is 5.41. The SMILES string of the molecule is CCOc1cc(/C=N\NC(=O)c2ccccc2)cc(Br)c1OCCOc1ccc([C@H](C)CC)cc1. The standard InChI is InChI=1S/C28H31BrN2O4/c1-4-20(3)22-11-13-24(14-12-22)34-15-16-35-27-25(29)17-21(18-26(27)33-5-2)19-30-31-28(32)23-9-7-6-8-10-23/h6-14,17-20H,4-5,15-16H2,1-3H3,(H,31,32)/b30-19-/t20-/m1/s1. The van der Waals surface area contributed by atoms with Crippen molar-refractivity contribution in [1.29, 1.82) is 0 Å². The zero-order valence-corrected chi connectivity index (χ0v) is 21.9. The lowest BCUT2D eigenvalue weighted by molar-refractivity contribution is 0.0955. The third kappa shape index (κ3) is 7.86. The number of benzene rings is 3. The quantitative estimate of drug-likeness (QED) is 0.160. The van der Waals surface area contributed by atoms with E-state index in [1.54, 1.807) is 30.5 Å². The van der Waals surface area contributed by atoms with Gasteiger partial charge in [0, 0.05) is 5.56 Å². The van der Waals surface area contributed by atoms with Crippen LogP contribution in [0.1, 0.15) is 54.6 Å². The average Bonchev–Trinajstić information content (AvgIpc) is 2.88. The van der Waals surface area contributed by atoms with Crippen LogP contribution in [0, 0.1) is 0 Å². The maximum atomic E-state index is 12.1. The molecule has 0 bridgehead atoms. The van der Waals surface area contributed by atoms with Gasteiger partial charge < -0.3 is 14.2 Å². The number of nitrogens with zero attached hydrogens (tertiary/aromatic N) is 1. The van der Waals surface area contributed by atoms with Gasteiger partial charge >= 0.3 is 0 Å². The predicted octanol–water partition coefficient (Wildman–Crippen LogP) is 6.58. The lowest BCUT2D eigenvalue weighted by Gasteiger charge is -2.15. The number of amides is 1. The van der Waals surface area contributed by atoms with Crippen LogP contribution < -0.4 is 19.6 Å². The fourth-order valence-electron chi connectivity index (χ4n) is 3.32. The molecule has 3 aromatic carbocycles. The van der Waals surface area contributed by atoms with Crippen LogP contribution in [0.25, 0.3) is 0 Å². The summed E-state index contributed by atoms with van der Waals surface area (Å²) in [4.78, 5) is 12.1. The Hall–Kier alpha value is -3.32. The summed E-state index contributed by atoms with van der Waals surface area (Å²) in [6.45, 7) is 7.54. The highest BCUT2D eigenvalue weighted by Crippen LogP contribution is 2.36. The Kier molecular flexibility index (Phi) is 10.2. The van der Waals surface area contributed by atoms with E-state index >= 15 is 0 Å². The summed E-state index contributed by atoms with van der Waals surface area (Å²) in [6, 6.07) is 20.8. The van der Waals surface area contributed by atoms with Crippen molar-refractivity contribution in [3.63, 3.8) is 0 Å². The number of hydrogen-bond donors (Lipinski definition) is 1. The molecule has 0 unspecified atom stereocenters. The van der Waals surface area contributed by atoms with Gasteiger partial charge in [-0.25, -0.2) is 5.43 Å². The zero-order chi connectivity index (χ0) is 25.0. The fourth-order valence-corrected chi connectivity index (χ4v) is 3.89. The van der Waals surface area contributed by atoms with Crippen LogP contribution in [-0.2, 0) is 0 Å². The molecule has 3 rings (SSSR count). The smallest absolute Gasteiger partial charge is 0.271 e. The zero-order valence-electron chi connectivity index (χ0n) is 20.3. The van der Waals surface area contributed by atoms with Gasteiger partial charge in [0.1, 0.15) is 19.0 Å². The highest BCUT2D eigenvalue weighted by atomic mass is 79.9. The van der Waals surface area contributed by atoms with E-state index in [-0.39, 0.29) is 5.91 Å². The topological polar surface area (TPSA) is 69.2 Å². The van der Waals surface area contributed by atoms with Crippen LogP contribution in [0.15, 0.2) is 76.3 Å². The summed E-state index contributed by atoms with van der Waals surface area (Å²) in [5.74, 6) is 2.24. The van der Waals surface area contributed by atoms with Gasteiger partial charge in [-0.2, -0.15) is 5.10 Å². The Bertz CT molecular complexity index is 1120. The van der Waals surface area contributed by atoms with Crippen LogP contribution >= 0.6 is 15.9 Å². The second kappa shape index (κ2) is 13.5. The van der Waals surface area contributed by atoms with Crippen molar-refractivity contribution in [1.82, 2.24) is 5.43 Å². The third-order valence-corrected chi connectivity index (χ3v) is 6.00. The molecule has 0 aliphatic rings. The van der Waals surface area contributed by atoms with Gasteiger partial charge in [0.15, 0.2) is 11.5 Å². The molecule has 0 aliphatic heterocycles. The first-order valence-corrected chi connectivity index (χ1v) is 12.5. The predicted molar refractivity (Wildman–Crippen MR) is 143 cm³/mol. The van der Waals surface area contributed by atoms with Crippen molar-refractivity contribution in [3.05, 3.63) is 87.9 Å². The first-order chi connectivity index (χ1) is 17.0. The molecule has 0 aliphatic carbocycles. The van der Waals surface area contributed by atoms with Crippen LogP contribution in [0.5, 0.6) is 17.2 Å². The molecule has 0 fully saturated rings. The van der Waals surface area contributed by atoms with E-state index in [1.165, 1.54) is 5.56 Å². The number of halogens is 1. The minimum atomic E-state index is -0.277. The van der Waals surface area contributed by atoms with Gasteiger partial charge in [-0.1, -0.05) is 44.2 Å². The molecule has 1 N–H and O–H groups in total. The normalized spacial score (nSPS) is 11.8. The summed E-state index contributed by atoms with van der Waals surface area (Å²) >= 11 is 3.56. The Morgan fingerprint density at radius 1 is 1.00 bits per heavy atom. The van der Waals surface area contributed by atoms with E-state index in [1.807, 2.05) is 37.3 Å². The summed E-state index contributed by atoms with van der Waals surface area (Å²) in [5.41, 5.74) is 5.13. The molecule has 0 spiro atoms. The van der Waals surface area contributed by atoms with Gasteiger partial charge in [0.2, 0.25) is 0 Å². The Morgan fingerprint density at radius 2 is 1.71 bits per heavy atom. The van der Waals surface area contributed by atoms with Gasteiger partial charge in [-0.3, -0.25) is 4.79 Å². The molecular weight excluding hydrogens is 508 g/mol. The molecule has 35 heavy (non-hydrogen) atoms. The molecule has 7 heteroatoms. The lowest BCUT2D eigenvalue weighted by Crippen LogP contribution is -2.17. The maximum Gasteiger partial charge on any atom is 0.271 e. The number of carbonyl (C=O) groups excluding carboxylic acids is 1. The summed E-state index contributed by atoms with van der Waals surface area (Å²) in [6.07, 6.45) is 2.67. The number of carbonyl (C=O) groups is 1. The van der Waals surface area contributed by atoms with Crippen molar-refractivity contribution in [3.8, 4) is 17.2 Å². The molecule has 0 heterocycles. The number of hydrazone groups is 1. The van der Waals surface area contributed by atoms with Gasteiger partial charge in [-0.05, 0) is 82.7 Å². The molecule has 0 saturated carbocycles. The largest absolute Gasteiger partial charge is 0.490 e. The van der Waals surface area contributed by atoms with Crippen LogP contribution in [0.2, 0.25) is 0 Å². The van der Waals surface area contributed by atoms with Crippen LogP contribution in [0.3, 0.4) is 0 Å². The lowest BCUT2D eigenvalue weighted by atomic mass is 9.99. The highest BCUT2D eigenvalue weighted by Gasteiger charge is 2.12. The van der Waals surface area contributed by atoms with E-state index in [9.17, 15) is 4.79 Å². The number of nitrogens with one attached hydrogen (secondary N) is 1. The Morgan fingerprint density at radius 3 is 2.40 bits per heavy atom. The van der Waals surface area contributed by atoms with Crippen LogP contribution in [-0.4, -0.2) is 31.9 Å². The van der Waals surface area contributed by atoms with E-state index in [2.05, 4.69) is 52.4 Å². The molecule has 1 atom stereocenters. The second-order valence-electron chi connectivity index (χ2n) is 7.90. The first-order valence-electron chi connectivity index (χ1n) is 11.7. The van der Waals surface area contributed by atoms with E-state index in [4.69, 9.17) is 14.2 Å². The van der Waals surface area contributed by atoms with Crippen molar-refractivity contribution in [2.45, 2.75) is 33.1 Å². The second-order valence-corrected chi connectivity index (χ2v) is 8.76. The van der Waals surface area contributed by atoms with Crippen molar-refractivity contribution in [2.75, 3.05) is 19.8 Å². The molecular formula is C28H31BrN2O4. The molecule has 3 aromatic rings. The number of rotatable bonds is 12. The number of hydrogen-bond acceptors (Lipinski definition) is 5. The maximum absolute atomic E-state index is 12.1. The molecule has 0 saturated heterocycles. The molecule has 184 valence electrons. The van der Waals surface area contributed by atoms with Crippen molar-refractivity contribution in [2.24, 2.45) is 5.10 Å². The Balaban J connectivity index is 1.57. The molecule has 0 aromatic heterocycles. The van der Waals surface area contributed by atoms with Gasteiger partial charge in [0.05, 0.1) is 17.3 Å². The van der Waals surface area contributed by atoms with Gasteiger partial charge in [0.25, 0.3) is 5.91 Å². The van der Waals surface area contributed by atoms with Gasteiger partial charge in [-0.15, -0.1) is 0 Å². The highest BCUT2D eigenvalue weighted by molar-refractivity contribution is 9.10. The minimum Gasteiger partial charge on any atom is -0.490 e.